The van der Waals surface area contributed by atoms with Crippen molar-refractivity contribution in [2.45, 2.75) is 38.4 Å². The highest BCUT2D eigenvalue weighted by Crippen LogP contribution is 2.23. The molecule has 1 amide bonds. The minimum atomic E-state index is -0.352. The second kappa shape index (κ2) is 3.84. The van der Waals surface area contributed by atoms with E-state index in [9.17, 15) is 4.79 Å². The molecular weight excluding hydrogens is 216 g/mol. The SMILES string of the molecule is CC1(C(=O)N2CCn3ccnc3C2)CCCN1. The molecule has 5 heteroatoms. The summed E-state index contributed by atoms with van der Waals surface area (Å²) in [4.78, 5) is 18.7. The summed E-state index contributed by atoms with van der Waals surface area (Å²) in [5, 5.41) is 3.33. The predicted molar refractivity (Wildman–Crippen MR) is 63.3 cm³/mol. The third kappa shape index (κ3) is 1.74. The minimum Gasteiger partial charge on any atom is -0.332 e. The maximum atomic E-state index is 12.5. The minimum absolute atomic E-state index is 0.226. The second-order valence-corrected chi connectivity index (χ2v) is 5.13. The number of hydrogen-bond donors (Lipinski definition) is 1. The summed E-state index contributed by atoms with van der Waals surface area (Å²) in [5.74, 6) is 1.22. The van der Waals surface area contributed by atoms with Gasteiger partial charge in [0.1, 0.15) is 5.82 Å². The van der Waals surface area contributed by atoms with Crippen molar-refractivity contribution in [1.82, 2.24) is 19.8 Å². The van der Waals surface area contributed by atoms with Crippen LogP contribution in [0.1, 0.15) is 25.6 Å². The highest BCUT2D eigenvalue weighted by Gasteiger charge is 2.39. The van der Waals surface area contributed by atoms with E-state index < -0.39 is 0 Å². The lowest BCUT2D eigenvalue weighted by Gasteiger charge is -2.34. The normalized spacial score (nSPS) is 28.2. The van der Waals surface area contributed by atoms with Crippen molar-refractivity contribution in [2.75, 3.05) is 13.1 Å². The summed E-state index contributed by atoms with van der Waals surface area (Å²) in [6.45, 7) is 5.26. The van der Waals surface area contributed by atoms with E-state index in [1.54, 1.807) is 6.20 Å². The molecule has 1 fully saturated rings. The van der Waals surface area contributed by atoms with Gasteiger partial charge in [0, 0.05) is 25.5 Å². The molecule has 1 N–H and O–H groups in total. The molecule has 1 saturated heterocycles. The molecular formula is C12H18N4O. The first-order valence-electron chi connectivity index (χ1n) is 6.23. The van der Waals surface area contributed by atoms with Gasteiger partial charge in [-0.3, -0.25) is 4.79 Å². The molecule has 2 aliphatic heterocycles. The predicted octanol–water partition coefficient (Wildman–Crippen LogP) is 0.367. The third-order valence-electron chi connectivity index (χ3n) is 3.87. The number of fused-ring (bicyclic) bond motifs is 1. The molecule has 3 heterocycles. The zero-order valence-electron chi connectivity index (χ0n) is 10.1. The molecule has 92 valence electrons. The van der Waals surface area contributed by atoms with Crippen LogP contribution >= 0.6 is 0 Å². The summed E-state index contributed by atoms with van der Waals surface area (Å²) in [7, 11) is 0. The fourth-order valence-corrected chi connectivity index (χ4v) is 2.77. The van der Waals surface area contributed by atoms with Gasteiger partial charge in [0.15, 0.2) is 0 Å². The summed E-state index contributed by atoms with van der Waals surface area (Å²) in [6, 6.07) is 0. The van der Waals surface area contributed by atoms with Gasteiger partial charge in [-0.15, -0.1) is 0 Å². The second-order valence-electron chi connectivity index (χ2n) is 5.13. The number of aromatic nitrogens is 2. The molecule has 0 radical (unpaired) electrons. The quantitative estimate of drug-likeness (QED) is 0.763. The van der Waals surface area contributed by atoms with Crippen molar-refractivity contribution < 1.29 is 4.79 Å². The Hall–Kier alpha value is -1.36. The Morgan fingerprint density at radius 2 is 2.41 bits per heavy atom. The smallest absolute Gasteiger partial charge is 0.243 e. The maximum Gasteiger partial charge on any atom is 0.243 e. The lowest BCUT2D eigenvalue weighted by atomic mass is 9.98. The van der Waals surface area contributed by atoms with Crippen LogP contribution in [0, 0.1) is 0 Å². The molecule has 0 bridgehead atoms. The van der Waals surface area contributed by atoms with Crippen LogP contribution in [0.15, 0.2) is 12.4 Å². The molecule has 2 aliphatic rings. The summed E-state index contributed by atoms with van der Waals surface area (Å²) < 4.78 is 2.12. The number of rotatable bonds is 1. The molecule has 1 aromatic rings. The Balaban J connectivity index is 1.76. The molecule has 0 saturated carbocycles. The Morgan fingerprint density at radius 1 is 1.53 bits per heavy atom. The van der Waals surface area contributed by atoms with Gasteiger partial charge in [-0.25, -0.2) is 4.98 Å². The molecule has 1 unspecified atom stereocenters. The lowest BCUT2D eigenvalue weighted by molar-refractivity contribution is -0.138. The Kier molecular flexibility index (Phi) is 2.43. The number of imidazole rings is 1. The van der Waals surface area contributed by atoms with E-state index >= 15 is 0 Å². The summed E-state index contributed by atoms with van der Waals surface area (Å²) in [6.07, 6.45) is 5.81. The van der Waals surface area contributed by atoms with Crippen LogP contribution in [0.2, 0.25) is 0 Å². The van der Waals surface area contributed by atoms with E-state index in [4.69, 9.17) is 0 Å². The van der Waals surface area contributed by atoms with Gasteiger partial charge in [0.05, 0.1) is 12.1 Å². The standard InChI is InChI=1S/C12H18N4O/c1-12(3-2-4-14-12)11(17)16-8-7-15-6-5-13-10(15)9-16/h5-6,14H,2-4,7-9H2,1H3. The largest absolute Gasteiger partial charge is 0.332 e. The van der Waals surface area contributed by atoms with E-state index in [-0.39, 0.29) is 11.4 Å². The van der Waals surface area contributed by atoms with E-state index in [2.05, 4.69) is 14.9 Å². The van der Waals surface area contributed by atoms with Crippen molar-refractivity contribution in [3.8, 4) is 0 Å². The molecule has 0 spiro atoms. The highest BCUT2D eigenvalue weighted by molar-refractivity contribution is 5.86. The molecule has 0 aliphatic carbocycles. The highest BCUT2D eigenvalue weighted by atomic mass is 16.2. The van der Waals surface area contributed by atoms with Crippen LogP contribution in [-0.2, 0) is 17.9 Å². The molecule has 5 nitrogen and oxygen atoms in total. The van der Waals surface area contributed by atoms with Crippen LogP contribution in [0.5, 0.6) is 0 Å². The molecule has 0 aromatic carbocycles. The van der Waals surface area contributed by atoms with Gasteiger partial charge in [0.2, 0.25) is 5.91 Å². The van der Waals surface area contributed by atoms with Crippen molar-refractivity contribution in [3.05, 3.63) is 18.2 Å². The average molecular weight is 234 g/mol. The fraction of sp³-hybridized carbons (Fsp3) is 0.667. The van der Waals surface area contributed by atoms with Gasteiger partial charge in [-0.05, 0) is 26.3 Å². The van der Waals surface area contributed by atoms with Crippen molar-refractivity contribution in [2.24, 2.45) is 0 Å². The van der Waals surface area contributed by atoms with Crippen LogP contribution in [0.25, 0.3) is 0 Å². The zero-order chi connectivity index (χ0) is 11.9. The topological polar surface area (TPSA) is 50.2 Å². The van der Waals surface area contributed by atoms with Gasteiger partial charge >= 0.3 is 0 Å². The van der Waals surface area contributed by atoms with E-state index in [1.165, 1.54) is 0 Å². The van der Waals surface area contributed by atoms with Gasteiger partial charge in [-0.1, -0.05) is 0 Å². The monoisotopic (exact) mass is 234 g/mol. The van der Waals surface area contributed by atoms with E-state index in [1.807, 2.05) is 18.0 Å². The third-order valence-corrected chi connectivity index (χ3v) is 3.87. The Morgan fingerprint density at radius 3 is 3.18 bits per heavy atom. The number of carbonyl (C=O) groups is 1. The number of amides is 1. The number of nitrogens with zero attached hydrogens (tertiary/aromatic N) is 3. The van der Waals surface area contributed by atoms with Crippen LogP contribution in [-0.4, -0.2) is 39.0 Å². The van der Waals surface area contributed by atoms with Gasteiger partial charge in [-0.2, -0.15) is 0 Å². The average Bonchev–Trinajstić information content (AvgIpc) is 2.96. The lowest BCUT2D eigenvalue weighted by Crippen LogP contribution is -2.54. The van der Waals surface area contributed by atoms with Gasteiger partial charge < -0.3 is 14.8 Å². The molecule has 1 atom stereocenters. The zero-order valence-corrected chi connectivity index (χ0v) is 10.1. The van der Waals surface area contributed by atoms with E-state index in [0.29, 0.717) is 6.54 Å². The van der Waals surface area contributed by atoms with Gasteiger partial charge in [0.25, 0.3) is 0 Å². The molecule has 3 rings (SSSR count). The Bertz CT molecular complexity index is 433. The van der Waals surface area contributed by atoms with E-state index in [0.717, 1.165) is 38.3 Å². The number of nitrogens with one attached hydrogen (secondary N) is 1. The van der Waals surface area contributed by atoms with Crippen LogP contribution in [0.3, 0.4) is 0 Å². The molecule has 1 aromatic heterocycles. The molecule has 17 heavy (non-hydrogen) atoms. The fourth-order valence-electron chi connectivity index (χ4n) is 2.77. The first-order valence-corrected chi connectivity index (χ1v) is 6.23. The van der Waals surface area contributed by atoms with Crippen LogP contribution < -0.4 is 5.32 Å². The van der Waals surface area contributed by atoms with Crippen molar-refractivity contribution in [1.29, 1.82) is 0 Å². The summed E-state index contributed by atoms with van der Waals surface area (Å²) >= 11 is 0. The van der Waals surface area contributed by atoms with Crippen molar-refractivity contribution in [3.63, 3.8) is 0 Å². The number of hydrogen-bond acceptors (Lipinski definition) is 3. The Labute approximate surface area is 101 Å². The maximum absolute atomic E-state index is 12.5. The summed E-state index contributed by atoms with van der Waals surface area (Å²) in [5.41, 5.74) is -0.352. The number of carbonyl (C=O) groups excluding carboxylic acids is 1. The first-order chi connectivity index (χ1) is 8.19. The van der Waals surface area contributed by atoms with Crippen molar-refractivity contribution >= 4 is 5.91 Å². The van der Waals surface area contributed by atoms with Crippen LogP contribution in [0.4, 0.5) is 0 Å². The first kappa shape index (κ1) is 10.8.